The number of carbonyl (C=O) groups excluding carboxylic acids is 1. The number of amides is 1. The van der Waals surface area contributed by atoms with Crippen LogP contribution in [0.25, 0.3) is 11.4 Å². The molecule has 0 aliphatic rings. The number of nitrogens with zero attached hydrogens (tertiary/aromatic N) is 3. The van der Waals surface area contributed by atoms with Crippen LogP contribution in [0.15, 0.2) is 34.2 Å². The lowest BCUT2D eigenvalue weighted by atomic mass is 10.2. The lowest BCUT2D eigenvalue weighted by molar-refractivity contribution is -0.116. The monoisotopic (exact) mass is 358 g/mol. The number of benzene rings is 1. The van der Waals surface area contributed by atoms with Gasteiger partial charge < -0.3 is 14.6 Å². The van der Waals surface area contributed by atoms with Gasteiger partial charge in [0.25, 0.3) is 0 Å². The van der Waals surface area contributed by atoms with Crippen molar-refractivity contribution >= 4 is 22.4 Å². The second-order valence-corrected chi connectivity index (χ2v) is 6.29. The van der Waals surface area contributed by atoms with Crippen LogP contribution in [-0.4, -0.2) is 28.1 Å². The number of carbonyl (C=O) groups is 1. The Morgan fingerprint density at radius 2 is 2.08 bits per heavy atom. The molecule has 1 N–H and O–H groups in total. The summed E-state index contributed by atoms with van der Waals surface area (Å²) in [5.74, 6) is 1.75. The van der Waals surface area contributed by atoms with Crippen LogP contribution in [0.5, 0.6) is 5.75 Å². The minimum Gasteiger partial charge on any atom is -0.497 e. The van der Waals surface area contributed by atoms with Gasteiger partial charge in [0.1, 0.15) is 5.75 Å². The summed E-state index contributed by atoms with van der Waals surface area (Å²) >= 11 is 1.42. The largest absolute Gasteiger partial charge is 0.497 e. The molecule has 130 valence electrons. The second-order valence-electron chi connectivity index (χ2n) is 5.44. The summed E-state index contributed by atoms with van der Waals surface area (Å²) in [5.41, 5.74) is 1.75. The van der Waals surface area contributed by atoms with Crippen LogP contribution in [0.2, 0.25) is 0 Å². The molecule has 0 radical (unpaired) electrons. The Kier molecular flexibility index (Phi) is 5.39. The molecule has 0 saturated carbocycles. The summed E-state index contributed by atoms with van der Waals surface area (Å²) < 4.78 is 10.4. The summed E-state index contributed by atoms with van der Waals surface area (Å²) in [7, 11) is 1.62. The van der Waals surface area contributed by atoms with E-state index in [1.54, 1.807) is 7.11 Å². The second kappa shape index (κ2) is 7.89. The number of aromatic nitrogens is 3. The molecule has 0 aliphatic heterocycles. The van der Waals surface area contributed by atoms with Crippen LogP contribution < -0.4 is 10.1 Å². The van der Waals surface area contributed by atoms with Gasteiger partial charge in [0, 0.05) is 23.8 Å². The van der Waals surface area contributed by atoms with Crippen molar-refractivity contribution in [1.82, 2.24) is 15.1 Å². The third kappa shape index (κ3) is 4.63. The molecule has 1 aromatic carbocycles. The number of hydrogen-bond acceptors (Lipinski definition) is 7. The summed E-state index contributed by atoms with van der Waals surface area (Å²) in [5, 5.41) is 9.28. The molecule has 0 fully saturated rings. The first kappa shape index (κ1) is 17.1. The average molecular weight is 358 g/mol. The molecule has 3 rings (SSSR count). The Morgan fingerprint density at radius 3 is 2.76 bits per heavy atom. The van der Waals surface area contributed by atoms with Crippen LogP contribution in [-0.2, 0) is 11.2 Å². The van der Waals surface area contributed by atoms with E-state index in [-0.39, 0.29) is 5.91 Å². The van der Waals surface area contributed by atoms with E-state index in [9.17, 15) is 4.79 Å². The van der Waals surface area contributed by atoms with Gasteiger partial charge in [0.15, 0.2) is 5.13 Å². The molecule has 25 heavy (non-hydrogen) atoms. The van der Waals surface area contributed by atoms with Crippen LogP contribution in [0.1, 0.15) is 24.4 Å². The van der Waals surface area contributed by atoms with E-state index in [2.05, 4.69) is 20.4 Å². The summed E-state index contributed by atoms with van der Waals surface area (Å²) in [4.78, 5) is 20.4. The third-order valence-corrected chi connectivity index (χ3v) is 4.35. The molecule has 1 amide bonds. The van der Waals surface area contributed by atoms with E-state index in [1.807, 2.05) is 36.6 Å². The van der Waals surface area contributed by atoms with Gasteiger partial charge in [0.05, 0.1) is 12.8 Å². The number of methoxy groups -OCH3 is 1. The van der Waals surface area contributed by atoms with Crippen LogP contribution in [0, 0.1) is 6.92 Å². The minimum atomic E-state index is -0.0655. The third-order valence-electron chi connectivity index (χ3n) is 3.48. The summed E-state index contributed by atoms with van der Waals surface area (Å²) in [6.45, 7) is 1.89. The van der Waals surface area contributed by atoms with E-state index >= 15 is 0 Å². The first-order valence-electron chi connectivity index (χ1n) is 7.83. The SMILES string of the molecule is COc1ccc(-c2noc(CCCC(=O)Nc3nc(C)cs3)n2)cc1. The van der Waals surface area contributed by atoms with Crippen molar-refractivity contribution in [2.24, 2.45) is 0 Å². The van der Waals surface area contributed by atoms with Crippen molar-refractivity contribution in [3.05, 3.63) is 41.2 Å². The maximum atomic E-state index is 11.9. The molecule has 0 aliphatic carbocycles. The molecule has 3 aromatic rings. The van der Waals surface area contributed by atoms with Gasteiger partial charge in [0.2, 0.25) is 17.6 Å². The fraction of sp³-hybridized carbons (Fsp3) is 0.294. The summed E-state index contributed by atoms with van der Waals surface area (Å²) in [6.07, 6.45) is 1.55. The number of hydrogen-bond donors (Lipinski definition) is 1. The van der Waals surface area contributed by atoms with Crippen LogP contribution in [0.4, 0.5) is 5.13 Å². The fourth-order valence-electron chi connectivity index (χ4n) is 2.21. The Morgan fingerprint density at radius 1 is 1.28 bits per heavy atom. The van der Waals surface area contributed by atoms with Gasteiger partial charge in [-0.2, -0.15) is 4.98 Å². The van der Waals surface area contributed by atoms with E-state index in [1.165, 1.54) is 11.3 Å². The quantitative estimate of drug-likeness (QED) is 0.695. The summed E-state index contributed by atoms with van der Waals surface area (Å²) in [6, 6.07) is 7.43. The Labute approximate surface area is 149 Å². The zero-order chi connectivity index (χ0) is 17.6. The smallest absolute Gasteiger partial charge is 0.226 e. The highest BCUT2D eigenvalue weighted by molar-refractivity contribution is 7.13. The molecule has 2 aromatic heterocycles. The highest BCUT2D eigenvalue weighted by atomic mass is 32.1. The standard InChI is InChI=1S/C17H18N4O3S/c1-11-10-25-17(18-11)19-14(22)4-3-5-15-20-16(21-24-15)12-6-8-13(23-2)9-7-12/h6-10H,3-5H2,1-2H3,(H,18,19,22). The number of nitrogens with one attached hydrogen (secondary N) is 1. The van der Waals surface area contributed by atoms with Crippen molar-refractivity contribution in [3.63, 3.8) is 0 Å². The Bertz CT molecular complexity index is 842. The molecule has 0 atom stereocenters. The normalized spacial score (nSPS) is 10.6. The molecular weight excluding hydrogens is 340 g/mol. The van der Waals surface area contributed by atoms with E-state index in [0.717, 1.165) is 17.0 Å². The van der Waals surface area contributed by atoms with Gasteiger partial charge in [-0.15, -0.1) is 11.3 Å². The van der Waals surface area contributed by atoms with E-state index < -0.39 is 0 Å². The molecule has 0 saturated heterocycles. The number of rotatable bonds is 7. The molecule has 0 unspecified atom stereocenters. The first-order chi connectivity index (χ1) is 12.1. The van der Waals surface area contributed by atoms with Crippen LogP contribution in [0.3, 0.4) is 0 Å². The van der Waals surface area contributed by atoms with Gasteiger partial charge in [-0.25, -0.2) is 4.98 Å². The van der Waals surface area contributed by atoms with Gasteiger partial charge >= 0.3 is 0 Å². The topological polar surface area (TPSA) is 90.1 Å². The van der Waals surface area contributed by atoms with Crippen molar-refractivity contribution in [1.29, 1.82) is 0 Å². The lowest BCUT2D eigenvalue weighted by Gasteiger charge is -2.00. The van der Waals surface area contributed by atoms with Crippen molar-refractivity contribution in [2.75, 3.05) is 12.4 Å². The zero-order valence-corrected chi connectivity index (χ0v) is 14.8. The molecule has 2 heterocycles. The predicted octanol–water partition coefficient (Wildman–Crippen LogP) is 3.47. The highest BCUT2D eigenvalue weighted by Crippen LogP contribution is 2.20. The average Bonchev–Trinajstić information content (AvgIpc) is 3.24. The number of thiazole rings is 1. The highest BCUT2D eigenvalue weighted by Gasteiger charge is 2.10. The van der Waals surface area contributed by atoms with Crippen molar-refractivity contribution in [2.45, 2.75) is 26.2 Å². The number of aryl methyl sites for hydroxylation is 2. The lowest BCUT2D eigenvalue weighted by Crippen LogP contribution is -2.11. The number of ether oxygens (including phenoxy) is 1. The zero-order valence-electron chi connectivity index (χ0n) is 14.0. The van der Waals surface area contributed by atoms with Crippen molar-refractivity contribution in [3.8, 4) is 17.1 Å². The van der Waals surface area contributed by atoms with E-state index in [0.29, 0.717) is 36.1 Å². The molecule has 8 heteroatoms. The first-order valence-corrected chi connectivity index (χ1v) is 8.71. The number of anilines is 1. The Hall–Kier alpha value is -2.74. The maximum Gasteiger partial charge on any atom is 0.226 e. The Balaban J connectivity index is 1.48. The van der Waals surface area contributed by atoms with Gasteiger partial charge in [-0.05, 0) is 37.6 Å². The van der Waals surface area contributed by atoms with Gasteiger partial charge in [-0.1, -0.05) is 5.16 Å². The fourth-order valence-corrected chi connectivity index (χ4v) is 2.91. The van der Waals surface area contributed by atoms with Crippen LogP contribution >= 0.6 is 11.3 Å². The van der Waals surface area contributed by atoms with Gasteiger partial charge in [-0.3, -0.25) is 4.79 Å². The maximum absolute atomic E-state index is 11.9. The molecule has 0 spiro atoms. The molecule has 0 bridgehead atoms. The van der Waals surface area contributed by atoms with Crippen molar-refractivity contribution < 1.29 is 14.1 Å². The predicted molar refractivity (Wildman–Crippen MR) is 94.7 cm³/mol. The van der Waals surface area contributed by atoms with E-state index in [4.69, 9.17) is 9.26 Å². The molecule has 7 nitrogen and oxygen atoms in total. The molecular formula is C17H18N4O3S. The minimum absolute atomic E-state index is 0.0655.